The molecule has 1 rings (SSSR count). The predicted molar refractivity (Wildman–Crippen MR) is 58.5 cm³/mol. The van der Waals surface area contributed by atoms with Gasteiger partial charge in [-0.1, -0.05) is 46.5 Å². The van der Waals surface area contributed by atoms with Crippen LogP contribution < -0.4 is 0 Å². The maximum absolute atomic E-state index is 11.2. The van der Waals surface area contributed by atoms with E-state index in [-0.39, 0.29) is 11.8 Å². The first-order valence-corrected chi connectivity index (χ1v) is 5.86. The first-order valence-electron chi connectivity index (χ1n) is 5.86. The van der Waals surface area contributed by atoms with Crippen LogP contribution in [-0.2, 0) is 4.79 Å². The molecular weight excluding hydrogens is 192 g/mol. The molecule has 0 aliphatic heterocycles. The standard InChI is InChI=1S/C12H22O3/c1-8(2)12(15,11(13)14)9(3)10-6-4-5-7-10/h8-10,15H,4-7H2,1-3H3,(H,13,14). The highest BCUT2D eigenvalue weighted by Crippen LogP contribution is 2.39. The summed E-state index contributed by atoms with van der Waals surface area (Å²) < 4.78 is 0. The minimum atomic E-state index is -1.56. The topological polar surface area (TPSA) is 57.5 Å². The van der Waals surface area contributed by atoms with Crippen LogP contribution in [0.2, 0.25) is 0 Å². The SMILES string of the molecule is CC(C)C(O)(C(=O)O)C(C)C1CCCC1. The van der Waals surface area contributed by atoms with Crippen molar-refractivity contribution < 1.29 is 15.0 Å². The number of hydrogen-bond donors (Lipinski definition) is 2. The van der Waals surface area contributed by atoms with Crippen molar-refractivity contribution in [3.8, 4) is 0 Å². The predicted octanol–water partition coefficient (Wildman–Crippen LogP) is 2.28. The van der Waals surface area contributed by atoms with Crippen molar-refractivity contribution in [2.24, 2.45) is 17.8 Å². The van der Waals surface area contributed by atoms with Gasteiger partial charge in [-0.2, -0.15) is 0 Å². The molecule has 0 aromatic rings. The highest BCUT2D eigenvalue weighted by molar-refractivity contribution is 5.77. The highest BCUT2D eigenvalue weighted by atomic mass is 16.4. The minimum Gasteiger partial charge on any atom is -0.479 e. The van der Waals surface area contributed by atoms with Crippen molar-refractivity contribution in [3.63, 3.8) is 0 Å². The third-order valence-electron chi connectivity index (χ3n) is 4.02. The molecule has 2 unspecified atom stereocenters. The average Bonchev–Trinajstić information content (AvgIpc) is 2.67. The van der Waals surface area contributed by atoms with E-state index in [0.717, 1.165) is 12.8 Å². The van der Waals surface area contributed by atoms with Gasteiger partial charge in [0.15, 0.2) is 5.60 Å². The molecule has 0 heterocycles. The van der Waals surface area contributed by atoms with Crippen LogP contribution in [0.1, 0.15) is 46.5 Å². The molecule has 0 bridgehead atoms. The Labute approximate surface area is 91.5 Å². The fourth-order valence-electron chi connectivity index (χ4n) is 2.78. The molecule has 0 spiro atoms. The van der Waals surface area contributed by atoms with Crippen molar-refractivity contribution in [3.05, 3.63) is 0 Å². The summed E-state index contributed by atoms with van der Waals surface area (Å²) in [6.45, 7) is 5.43. The molecule has 0 radical (unpaired) electrons. The lowest BCUT2D eigenvalue weighted by Crippen LogP contribution is -2.51. The molecule has 0 aromatic carbocycles. The lowest BCUT2D eigenvalue weighted by atomic mass is 9.72. The lowest BCUT2D eigenvalue weighted by molar-refractivity contribution is -0.173. The Bertz CT molecular complexity index is 231. The number of rotatable bonds is 4. The zero-order chi connectivity index (χ0) is 11.6. The summed E-state index contributed by atoms with van der Waals surface area (Å²) >= 11 is 0. The third-order valence-corrected chi connectivity index (χ3v) is 4.02. The van der Waals surface area contributed by atoms with E-state index in [0.29, 0.717) is 5.92 Å². The van der Waals surface area contributed by atoms with E-state index in [1.807, 2.05) is 6.92 Å². The lowest BCUT2D eigenvalue weighted by Gasteiger charge is -2.37. The van der Waals surface area contributed by atoms with E-state index in [4.69, 9.17) is 0 Å². The molecule has 15 heavy (non-hydrogen) atoms. The van der Waals surface area contributed by atoms with Gasteiger partial charge in [-0.25, -0.2) is 4.79 Å². The van der Waals surface area contributed by atoms with Crippen LogP contribution in [0.15, 0.2) is 0 Å². The average molecular weight is 214 g/mol. The van der Waals surface area contributed by atoms with Crippen LogP contribution in [0, 0.1) is 17.8 Å². The normalized spacial score (nSPS) is 24.1. The highest BCUT2D eigenvalue weighted by Gasteiger charge is 2.47. The van der Waals surface area contributed by atoms with Crippen molar-refractivity contribution in [1.29, 1.82) is 0 Å². The van der Waals surface area contributed by atoms with Crippen molar-refractivity contribution in [2.75, 3.05) is 0 Å². The van der Waals surface area contributed by atoms with Gasteiger partial charge in [0.2, 0.25) is 0 Å². The molecule has 2 N–H and O–H groups in total. The second-order valence-corrected chi connectivity index (χ2v) is 5.12. The number of carboxylic acid groups (broad SMARTS) is 1. The molecule has 1 aliphatic carbocycles. The molecular formula is C12H22O3. The maximum atomic E-state index is 11.2. The Hall–Kier alpha value is -0.570. The molecule has 1 aliphatic rings. The van der Waals surface area contributed by atoms with Gasteiger partial charge in [0, 0.05) is 0 Å². The summed E-state index contributed by atoms with van der Waals surface area (Å²) in [5.74, 6) is -1.10. The molecule has 2 atom stereocenters. The molecule has 3 nitrogen and oxygen atoms in total. The van der Waals surface area contributed by atoms with Crippen LogP contribution in [0.3, 0.4) is 0 Å². The number of aliphatic hydroxyl groups is 1. The van der Waals surface area contributed by atoms with E-state index in [2.05, 4.69) is 0 Å². The summed E-state index contributed by atoms with van der Waals surface area (Å²) in [5.41, 5.74) is -1.56. The van der Waals surface area contributed by atoms with Crippen molar-refractivity contribution >= 4 is 5.97 Å². The summed E-state index contributed by atoms with van der Waals surface area (Å²) in [7, 11) is 0. The molecule has 88 valence electrons. The summed E-state index contributed by atoms with van der Waals surface area (Å²) in [4.78, 5) is 11.2. The Morgan fingerprint density at radius 2 is 1.73 bits per heavy atom. The van der Waals surface area contributed by atoms with E-state index in [9.17, 15) is 15.0 Å². The Balaban J connectivity index is 2.83. The van der Waals surface area contributed by atoms with Gasteiger partial charge in [-0.05, 0) is 17.8 Å². The zero-order valence-electron chi connectivity index (χ0n) is 9.86. The molecule has 0 aromatic heterocycles. The largest absolute Gasteiger partial charge is 0.479 e. The number of carboxylic acids is 1. The van der Waals surface area contributed by atoms with Crippen molar-refractivity contribution in [1.82, 2.24) is 0 Å². The monoisotopic (exact) mass is 214 g/mol. The van der Waals surface area contributed by atoms with Crippen LogP contribution in [0.5, 0.6) is 0 Å². The molecule has 1 saturated carbocycles. The zero-order valence-corrected chi connectivity index (χ0v) is 9.86. The Kier molecular flexibility index (Phi) is 3.77. The van der Waals surface area contributed by atoms with Crippen molar-refractivity contribution in [2.45, 2.75) is 52.1 Å². The third kappa shape index (κ3) is 2.17. The summed E-state index contributed by atoms with van der Waals surface area (Å²) in [6.07, 6.45) is 4.46. The first kappa shape index (κ1) is 12.5. The minimum absolute atomic E-state index is 0.155. The van der Waals surface area contributed by atoms with Crippen LogP contribution in [0.25, 0.3) is 0 Å². The smallest absolute Gasteiger partial charge is 0.336 e. The van der Waals surface area contributed by atoms with Gasteiger partial charge in [0.1, 0.15) is 0 Å². The van der Waals surface area contributed by atoms with Gasteiger partial charge in [0.05, 0.1) is 0 Å². The van der Waals surface area contributed by atoms with Crippen LogP contribution in [0.4, 0.5) is 0 Å². The fourth-order valence-corrected chi connectivity index (χ4v) is 2.78. The fraction of sp³-hybridized carbons (Fsp3) is 0.917. The Morgan fingerprint density at radius 3 is 2.07 bits per heavy atom. The Morgan fingerprint density at radius 1 is 1.27 bits per heavy atom. The summed E-state index contributed by atoms with van der Waals surface area (Å²) in [6, 6.07) is 0. The van der Waals surface area contributed by atoms with E-state index in [1.54, 1.807) is 13.8 Å². The molecule has 0 saturated heterocycles. The van der Waals surface area contributed by atoms with E-state index in [1.165, 1.54) is 12.8 Å². The molecule has 0 amide bonds. The van der Waals surface area contributed by atoms with Gasteiger partial charge < -0.3 is 10.2 Å². The summed E-state index contributed by atoms with van der Waals surface area (Å²) in [5, 5.41) is 19.5. The second kappa shape index (κ2) is 4.52. The van der Waals surface area contributed by atoms with Gasteiger partial charge in [-0.3, -0.25) is 0 Å². The van der Waals surface area contributed by atoms with E-state index >= 15 is 0 Å². The van der Waals surface area contributed by atoms with Gasteiger partial charge >= 0.3 is 5.97 Å². The maximum Gasteiger partial charge on any atom is 0.336 e. The number of aliphatic carboxylic acids is 1. The first-order chi connectivity index (χ1) is 6.90. The van der Waals surface area contributed by atoms with Crippen LogP contribution in [-0.4, -0.2) is 21.8 Å². The second-order valence-electron chi connectivity index (χ2n) is 5.12. The van der Waals surface area contributed by atoms with Gasteiger partial charge in [-0.15, -0.1) is 0 Å². The molecule has 3 heteroatoms. The van der Waals surface area contributed by atoms with Crippen LogP contribution >= 0.6 is 0 Å². The quantitative estimate of drug-likeness (QED) is 0.755. The van der Waals surface area contributed by atoms with Gasteiger partial charge in [0.25, 0.3) is 0 Å². The number of hydrogen-bond acceptors (Lipinski definition) is 2. The molecule has 1 fully saturated rings. The van der Waals surface area contributed by atoms with E-state index < -0.39 is 11.6 Å². The number of carbonyl (C=O) groups is 1.